The van der Waals surface area contributed by atoms with Crippen LogP contribution >= 0.6 is 0 Å². The largest absolute Gasteiger partial charge is 0.481 e. The zero-order valence-corrected chi connectivity index (χ0v) is 11.2. The summed E-state index contributed by atoms with van der Waals surface area (Å²) in [6.45, 7) is 5.48. The smallest absolute Gasteiger partial charge is 0.303 e. The maximum atomic E-state index is 11.8. The molecular weight excluding hydrogens is 232 g/mol. The van der Waals surface area contributed by atoms with Crippen molar-refractivity contribution < 1.29 is 14.7 Å². The van der Waals surface area contributed by atoms with Crippen molar-refractivity contribution in [2.45, 2.75) is 45.6 Å². The van der Waals surface area contributed by atoms with Gasteiger partial charge in [-0.2, -0.15) is 0 Å². The van der Waals surface area contributed by atoms with E-state index in [1.807, 2.05) is 0 Å². The van der Waals surface area contributed by atoms with Crippen LogP contribution in [0, 0.1) is 11.8 Å². The monoisotopic (exact) mass is 256 g/mol. The van der Waals surface area contributed by atoms with Crippen LogP contribution in [-0.2, 0) is 9.59 Å². The molecule has 3 N–H and O–H groups in total. The molecule has 1 heterocycles. The van der Waals surface area contributed by atoms with Crippen molar-refractivity contribution in [2.75, 3.05) is 13.1 Å². The van der Waals surface area contributed by atoms with Crippen LogP contribution < -0.4 is 10.6 Å². The summed E-state index contributed by atoms with van der Waals surface area (Å²) in [4.78, 5) is 22.6. The highest BCUT2D eigenvalue weighted by Gasteiger charge is 2.23. The Morgan fingerprint density at radius 2 is 2.17 bits per heavy atom. The minimum atomic E-state index is -0.797. The molecule has 0 aromatic carbocycles. The highest BCUT2D eigenvalue weighted by atomic mass is 16.4. The summed E-state index contributed by atoms with van der Waals surface area (Å²) >= 11 is 0. The minimum Gasteiger partial charge on any atom is -0.481 e. The Morgan fingerprint density at radius 3 is 2.67 bits per heavy atom. The van der Waals surface area contributed by atoms with Crippen molar-refractivity contribution in [1.82, 2.24) is 10.6 Å². The molecule has 1 amide bonds. The number of nitrogens with one attached hydrogen (secondary N) is 2. The Labute approximate surface area is 108 Å². The van der Waals surface area contributed by atoms with Gasteiger partial charge >= 0.3 is 5.97 Å². The van der Waals surface area contributed by atoms with E-state index in [0.29, 0.717) is 12.5 Å². The molecule has 5 heteroatoms. The van der Waals surface area contributed by atoms with Crippen LogP contribution in [0.2, 0.25) is 0 Å². The molecule has 0 spiro atoms. The lowest BCUT2D eigenvalue weighted by atomic mass is 9.94. The van der Waals surface area contributed by atoms with Gasteiger partial charge in [0.1, 0.15) is 0 Å². The summed E-state index contributed by atoms with van der Waals surface area (Å²) in [5.41, 5.74) is 0. The molecule has 0 bridgehead atoms. The van der Waals surface area contributed by atoms with E-state index >= 15 is 0 Å². The SMILES string of the molecule is CC(C)C[C@@H](CNC(=O)[C@@H]1CCCN1)CC(=O)O. The first-order valence-corrected chi connectivity index (χ1v) is 6.72. The highest BCUT2D eigenvalue weighted by molar-refractivity contribution is 5.82. The molecule has 0 unspecified atom stereocenters. The van der Waals surface area contributed by atoms with Gasteiger partial charge in [0.05, 0.1) is 6.04 Å². The molecule has 0 radical (unpaired) electrons. The zero-order valence-electron chi connectivity index (χ0n) is 11.2. The second-order valence-electron chi connectivity index (χ2n) is 5.49. The van der Waals surface area contributed by atoms with Gasteiger partial charge in [0.25, 0.3) is 0 Å². The Balaban J connectivity index is 2.35. The van der Waals surface area contributed by atoms with E-state index in [9.17, 15) is 9.59 Å². The quantitative estimate of drug-likeness (QED) is 0.635. The van der Waals surface area contributed by atoms with Crippen LogP contribution in [0.4, 0.5) is 0 Å². The lowest BCUT2D eigenvalue weighted by Gasteiger charge is -2.19. The molecule has 18 heavy (non-hydrogen) atoms. The lowest BCUT2D eigenvalue weighted by Crippen LogP contribution is -2.42. The van der Waals surface area contributed by atoms with Crippen molar-refractivity contribution in [3.63, 3.8) is 0 Å². The lowest BCUT2D eigenvalue weighted by molar-refractivity contribution is -0.138. The van der Waals surface area contributed by atoms with Gasteiger partial charge in [0.15, 0.2) is 0 Å². The van der Waals surface area contributed by atoms with Crippen LogP contribution in [0.1, 0.15) is 39.5 Å². The van der Waals surface area contributed by atoms with Crippen LogP contribution in [0.25, 0.3) is 0 Å². The van der Waals surface area contributed by atoms with Crippen LogP contribution in [-0.4, -0.2) is 36.1 Å². The van der Waals surface area contributed by atoms with Gasteiger partial charge in [-0.1, -0.05) is 13.8 Å². The van der Waals surface area contributed by atoms with Crippen LogP contribution in [0.5, 0.6) is 0 Å². The van der Waals surface area contributed by atoms with Crippen molar-refractivity contribution in [3.8, 4) is 0 Å². The standard InChI is InChI=1S/C13H24N2O3/c1-9(2)6-10(7-12(16)17)8-15-13(18)11-4-3-5-14-11/h9-11,14H,3-8H2,1-2H3,(H,15,18)(H,16,17)/t10-,11+/m1/s1. The second kappa shape index (κ2) is 7.36. The number of carbonyl (C=O) groups is 2. The molecule has 0 aromatic heterocycles. The number of carboxylic acid groups (broad SMARTS) is 1. The average molecular weight is 256 g/mol. The maximum absolute atomic E-state index is 11.8. The molecular formula is C13H24N2O3. The van der Waals surface area contributed by atoms with Gasteiger partial charge in [-0.3, -0.25) is 9.59 Å². The van der Waals surface area contributed by atoms with Crippen molar-refractivity contribution in [2.24, 2.45) is 11.8 Å². The molecule has 1 saturated heterocycles. The number of rotatable bonds is 7. The molecule has 1 fully saturated rings. The summed E-state index contributed by atoms with van der Waals surface area (Å²) in [6, 6.07) is -0.0884. The third kappa shape index (κ3) is 5.49. The summed E-state index contributed by atoms with van der Waals surface area (Å²) in [5.74, 6) is -0.329. The van der Waals surface area contributed by atoms with E-state index in [0.717, 1.165) is 25.8 Å². The fraction of sp³-hybridized carbons (Fsp3) is 0.846. The van der Waals surface area contributed by atoms with E-state index in [2.05, 4.69) is 24.5 Å². The molecule has 2 atom stereocenters. The van der Waals surface area contributed by atoms with Gasteiger partial charge in [-0.15, -0.1) is 0 Å². The van der Waals surface area contributed by atoms with Crippen LogP contribution in [0.15, 0.2) is 0 Å². The van der Waals surface area contributed by atoms with E-state index in [1.165, 1.54) is 0 Å². The van der Waals surface area contributed by atoms with E-state index in [4.69, 9.17) is 5.11 Å². The first-order chi connectivity index (χ1) is 8.49. The summed E-state index contributed by atoms with van der Waals surface area (Å²) < 4.78 is 0. The van der Waals surface area contributed by atoms with E-state index in [1.54, 1.807) is 0 Å². The number of hydrogen-bond donors (Lipinski definition) is 3. The molecule has 1 aliphatic heterocycles. The number of aliphatic carboxylic acids is 1. The molecule has 5 nitrogen and oxygen atoms in total. The first-order valence-electron chi connectivity index (χ1n) is 6.72. The van der Waals surface area contributed by atoms with Crippen molar-refractivity contribution in [1.29, 1.82) is 0 Å². The number of carboxylic acids is 1. The number of hydrogen-bond acceptors (Lipinski definition) is 3. The Bertz CT molecular complexity index is 286. The predicted octanol–water partition coefficient (Wildman–Crippen LogP) is 0.992. The third-order valence-corrected chi connectivity index (χ3v) is 3.21. The van der Waals surface area contributed by atoms with Crippen LogP contribution in [0.3, 0.4) is 0 Å². The second-order valence-corrected chi connectivity index (χ2v) is 5.49. The zero-order chi connectivity index (χ0) is 13.5. The third-order valence-electron chi connectivity index (χ3n) is 3.21. The summed E-state index contributed by atoms with van der Waals surface area (Å²) in [6.07, 6.45) is 2.85. The molecule has 0 saturated carbocycles. The molecule has 1 aliphatic rings. The summed E-state index contributed by atoms with van der Waals surface area (Å²) in [7, 11) is 0. The van der Waals surface area contributed by atoms with Gasteiger partial charge in [-0.05, 0) is 37.6 Å². The Hall–Kier alpha value is -1.10. The van der Waals surface area contributed by atoms with E-state index < -0.39 is 5.97 Å². The van der Waals surface area contributed by atoms with Gasteiger partial charge in [0.2, 0.25) is 5.91 Å². The van der Waals surface area contributed by atoms with Gasteiger partial charge in [0, 0.05) is 13.0 Å². The van der Waals surface area contributed by atoms with Crippen molar-refractivity contribution in [3.05, 3.63) is 0 Å². The predicted molar refractivity (Wildman–Crippen MR) is 69.2 cm³/mol. The van der Waals surface area contributed by atoms with Crippen molar-refractivity contribution >= 4 is 11.9 Å². The summed E-state index contributed by atoms with van der Waals surface area (Å²) in [5, 5.41) is 14.9. The first kappa shape index (κ1) is 15.0. The molecule has 104 valence electrons. The normalized spacial score (nSPS) is 20.9. The molecule has 1 rings (SSSR count). The number of carbonyl (C=O) groups excluding carboxylic acids is 1. The molecule has 0 aromatic rings. The Kier molecular flexibility index (Phi) is 6.12. The Morgan fingerprint density at radius 1 is 1.44 bits per heavy atom. The van der Waals surface area contributed by atoms with Gasteiger partial charge < -0.3 is 15.7 Å². The highest BCUT2D eigenvalue weighted by Crippen LogP contribution is 2.15. The average Bonchev–Trinajstić information content (AvgIpc) is 2.77. The fourth-order valence-corrected chi connectivity index (χ4v) is 2.43. The molecule has 0 aliphatic carbocycles. The minimum absolute atomic E-state index is 0.00615. The van der Waals surface area contributed by atoms with Gasteiger partial charge in [-0.25, -0.2) is 0 Å². The topological polar surface area (TPSA) is 78.4 Å². The van der Waals surface area contributed by atoms with E-state index in [-0.39, 0.29) is 24.3 Å². The maximum Gasteiger partial charge on any atom is 0.303 e. The number of amides is 1. The fourth-order valence-electron chi connectivity index (χ4n) is 2.43.